The van der Waals surface area contributed by atoms with Crippen molar-refractivity contribution in [2.45, 2.75) is 68.7 Å². The van der Waals surface area contributed by atoms with Crippen LogP contribution in [0, 0.1) is 17.8 Å². The Kier molecular flexibility index (Phi) is 13.0. The van der Waals surface area contributed by atoms with E-state index < -0.39 is 34.5 Å². The number of aliphatic carboxylic acids is 1. The van der Waals surface area contributed by atoms with Crippen LogP contribution in [0.5, 0.6) is 0 Å². The summed E-state index contributed by atoms with van der Waals surface area (Å²) >= 11 is 0. The minimum atomic E-state index is -4.16. The van der Waals surface area contributed by atoms with Gasteiger partial charge in [-0.05, 0) is 112 Å². The van der Waals surface area contributed by atoms with Crippen molar-refractivity contribution in [3.8, 4) is 0 Å². The van der Waals surface area contributed by atoms with E-state index in [1.54, 1.807) is 18.2 Å². The first-order valence-electron chi connectivity index (χ1n) is 15.9. The van der Waals surface area contributed by atoms with Gasteiger partial charge in [-0.3, -0.25) is 14.4 Å². The number of carboxylic acid groups (broad SMARTS) is 1. The fourth-order valence-corrected chi connectivity index (χ4v) is 7.36. The summed E-state index contributed by atoms with van der Waals surface area (Å²) in [4.78, 5) is 37.5. The van der Waals surface area contributed by atoms with Crippen LogP contribution in [0.1, 0.15) is 57.8 Å². The predicted octanol–water partition coefficient (Wildman–Crippen LogP) is 2.37. The van der Waals surface area contributed by atoms with Crippen molar-refractivity contribution in [3.63, 3.8) is 0 Å². The lowest BCUT2D eigenvalue weighted by Crippen LogP contribution is -2.48. The Labute approximate surface area is 260 Å². The largest absolute Gasteiger partial charge is 0.480 e. The van der Waals surface area contributed by atoms with Crippen molar-refractivity contribution >= 4 is 38.6 Å². The molecule has 0 aliphatic carbocycles. The molecule has 0 spiro atoms. The number of fused-ring (bicyclic) bond motifs is 1. The fourth-order valence-electron chi connectivity index (χ4n) is 6.14. The minimum absolute atomic E-state index is 0.0350. The number of hydrogen-bond acceptors (Lipinski definition) is 7. The van der Waals surface area contributed by atoms with E-state index >= 15 is 0 Å². The first-order valence-corrected chi connectivity index (χ1v) is 17.4. The standard InChI is InChI=1S/C32H47N5O6S/c38-30(36-22-29(32(40)41)37-44(42,43)28-10-9-25-3-1-2-4-27(25)21-28)15-20-35-31(39)26(7-5-23-11-16-33-17-12-23)8-6-24-13-18-34-19-14-24/h1-4,9-10,21,23-24,26,29,33-34,37H,5-8,11-20,22H2,(H,35,39)(H,36,38)(H,40,41). The molecule has 2 aliphatic heterocycles. The average Bonchev–Trinajstić information content (AvgIpc) is 3.03. The van der Waals surface area contributed by atoms with Gasteiger partial charge in [0, 0.05) is 25.4 Å². The molecule has 0 bridgehead atoms. The Balaban J connectivity index is 1.24. The third kappa shape index (κ3) is 10.5. The Morgan fingerprint density at radius 2 is 1.43 bits per heavy atom. The van der Waals surface area contributed by atoms with Crippen molar-refractivity contribution in [1.82, 2.24) is 26.0 Å². The lowest BCUT2D eigenvalue weighted by Gasteiger charge is -2.27. The minimum Gasteiger partial charge on any atom is -0.480 e. The van der Waals surface area contributed by atoms with E-state index in [4.69, 9.17) is 0 Å². The number of hydrogen-bond donors (Lipinski definition) is 6. The first-order chi connectivity index (χ1) is 21.2. The summed E-state index contributed by atoms with van der Waals surface area (Å²) < 4.78 is 28.0. The van der Waals surface area contributed by atoms with E-state index in [0.29, 0.717) is 17.2 Å². The zero-order valence-electron chi connectivity index (χ0n) is 25.4. The van der Waals surface area contributed by atoms with Gasteiger partial charge in [-0.15, -0.1) is 0 Å². The van der Waals surface area contributed by atoms with E-state index in [2.05, 4.69) is 26.0 Å². The number of carbonyl (C=O) groups excluding carboxylic acids is 2. The molecule has 0 saturated carbocycles. The van der Waals surface area contributed by atoms with E-state index in [0.717, 1.165) is 82.9 Å². The molecule has 2 aliphatic rings. The molecule has 242 valence electrons. The highest BCUT2D eigenvalue weighted by molar-refractivity contribution is 7.89. The molecule has 44 heavy (non-hydrogen) atoms. The molecule has 2 aromatic rings. The van der Waals surface area contributed by atoms with Gasteiger partial charge in [0.05, 0.1) is 4.90 Å². The fraction of sp³-hybridized carbons (Fsp3) is 0.594. The maximum Gasteiger partial charge on any atom is 0.323 e. The number of rotatable bonds is 16. The molecule has 0 radical (unpaired) electrons. The molecule has 12 heteroatoms. The molecule has 11 nitrogen and oxygen atoms in total. The number of carboxylic acids is 1. The SMILES string of the molecule is O=C(CCNC(=O)C(CCC1CCNCC1)CCC1CCNCC1)NCC(NS(=O)(=O)c1ccc2ccccc2c1)C(=O)O. The molecule has 1 unspecified atom stereocenters. The van der Waals surface area contributed by atoms with Crippen LogP contribution in [-0.2, 0) is 24.4 Å². The summed E-state index contributed by atoms with van der Waals surface area (Å²) in [6, 6.07) is 10.2. The van der Waals surface area contributed by atoms with Crippen LogP contribution in [0.15, 0.2) is 47.4 Å². The van der Waals surface area contributed by atoms with Gasteiger partial charge in [0.2, 0.25) is 21.8 Å². The van der Waals surface area contributed by atoms with Crippen LogP contribution < -0.4 is 26.0 Å². The molecule has 6 N–H and O–H groups in total. The topological polar surface area (TPSA) is 166 Å². The normalized spacial score (nSPS) is 17.4. The van der Waals surface area contributed by atoms with Crippen molar-refractivity contribution in [3.05, 3.63) is 42.5 Å². The molecule has 2 heterocycles. The van der Waals surface area contributed by atoms with Crippen molar-refractivity contribution < 1.29 is 27.9 Å². The van der Waals surface area contributed by atoms with Crippen LogP contribution in [0.4, 0.5) is 0 Å². The molecule has 2 fully saturated rings. The van der Waals surface area contributed by atoms with E-state index in [1.807, 2.05) is 12.1 Å². The highest BCUT2D eigenvalue weighted by Crippen LogP contribution is 2.27. The monoisotopic (exact) mass is 629 g/mol. The molecule has 2 saturated heterocycles. The smallest absolute Gasteiger partial charge is 0.323 e. The lowest BCUT2D eigenvalue weighted by molar-refractivity contribution is -0.139. The van der Waals surface area contributed by atoms with E-state index in [9.17, 15) is 27.9 Å². The first kappa shape index (κ1) is 33.8. The number of nitrogens with one attached hydrogen (secondary N) is 5. The van der Waals surface area contributed by atoms with Gasteiger partial charge in [-0.2, -0.15) is 4.72 Å². The summed E-state index contributed by atoms with van der Waals surface area (Å²) in [5, 5.41) is 23.4. The molecule has 4 rings (SSSR count). The van der Waals surface area contributed by atoms with Crippen LogP contribution in [0.3, 0.4) is 0 Å². The lowest BCUT2D eigenvalue weighted by atomic mass is 9.84. The summed E-state index contributed by atoms with van der Waals surface area (Å²) in [5.74, 6) is -0.735. The van der Waals surface area contributed by atoms with Gasteiger partial charge in [-0.25, -0.2) is 8.42 Å². The average molecular weight is 630 g/mol. The zero-order valence-corrected chi connectivity index (χ0v) is 26.2. The highest BCUT2D eigenvalue weighted by Gasteiger charge is 2.27. The highest BCUT2D eigenvalue weighted by atomic mass is 32.2. The Morgan fingerprint density at radius 3 is 2.02 bits per heavy atom. The molecule has 2 amide bonds. The van der Waals surface area contributed by atoms with Gasteiger partial charge in [0.1, 0.15) is 6.04 Å². The van der Waals surface area contributed by atoms with Crippen molar-refractivity contribution in [2.75, 3.05) is 39.3 Å². The summed E-state index contributed by atoms with van der Waals surface area (Å²) in [6.45, 7) is 3.81. The van der Waals surface area contributed by atoms with Crippen LogP contribution in [-0.4, -0.2) is 76.6 Å². The van der Waals surface area contributed by atoms with Crippen molar-refractivity contribution in [2.24, 2.45) is 17.8 Å². The summed E-state index contributed by atoms with van der Waals surface area (Å²) in [5.41, 5.74) is 0. The maximum absolute atomic E-state index is 13.2. The molecule has 2 aromatic carbocycles. The Morgan fingerprint density at radius 1 is 0.841 bits per heavy atom. The second-order valence-corrected chi connectivity index (χ2v) is 13.8. The quantitative estimate of drug-likeness (QED) is 0.165. The molecular weight excluding hydrogens is 582 g/mol. The third-order valence-electron chi connectivity index (χ3n) is 8.92. The molecule has 0 aromatic heterocycles. The van der Waals surface area contributed by atoms with E-state index in [1.165, 1.54) is 12.1 Å². The zero-order chi connectivity index (χ0) is 31.4. The second-order valence-electron chi connectivity index (χ2n) is 12.1. The van der Waals surface area contributed by atoms with Crippen LogP contribution in [0.25, 0.3) is 10.8 Å². The van der Waals surface area contributed by atoms with Crippen molar-refractivity contribution in [1.29, 1.82) is 0 Å². The van der Waals surface area contributed by atoms with Gasteiger partial charge in [0.25, 0.3) is 0 Å². The summed E-state index contributed by atoms with van der Waals surface area (Å²) in [6.07, 6.45) is 8.24. The molecular formula is C32H47N5O6S. The van der Waals surface area contributed by atoms with Gasteiger partial charge >= 0.3 is 5.97 Å². The Hall–Kier alpha value is -3.06. The van der Waals surface area contributed by atoms with Gasteiger partial charge in [-0.1, -0.05) is 30.3 Å². The maximum atomic E-state index is 13.2. The van der Waals surface area contributed by atoms with Gasteiger partial charge in [0.15, 0.2) is 0 Å². The summed E-state index contributed by atoms with van der Waals surface area (Å²) in [7, 11) is -4.16. The second kappa shape index (κ2) is 16.9. The number of amides is 2. The molecule has 1 atom stereocenters. The van der Waals surface area contributed by atoms with Crippen LogP contribution >= 0.6 is 0 Å². The number of benzene rings is 2. The number of sulfonamides is 1. The van der Waals surface area contributed by atoms with Crippen LogP contribution in [0.2, 0.25) is 0 Å². The number of carbonyl (C=O) groups is 3. The predicted molar refractivity (Wildman–Crippen MR) is 169 cm³/mol. The van der Waals surface area contributed by atoms with E-state index in [-0.39, 0.29) is 29.7 Å². The third-order valence-corrected chi connectivity index (χ3v) is 10.4. The number of piperidine rings is 2. The Bertz CT molecular complexity index is 1340. The van der Waals surface area contributed by atoms with Gasteiger partial charge < -0.3 is 26.4 Å².